The van der Waals surface area contributed by atoms with Crippen LogP contribution in [0.3, 0.4) is 0 Å². The van der Waals surface area contributed by atoms with E-state index in [9.17, 15) is 19.8 Å². The molecule has 3 aromatic carbocycles. The smallest absolute Gasteiger partial charge is 0.335 e. The quantitative estimate of drug-likeness (QED) is 0.192. The molecule has 10 heteroatoms. The lowest BCUT2D eigenvalue weighted by Gasteiger charge is -2.14. The van der Waals surface area contributed by atoms with Crippen LogP contribution in [-0.2, 0) is 11.2 Å². The molecule has 2 N–H and O–H groups in total. The van der Waals surface area contributed by atoms with Crippen LogP contribution in [0.2, 0.25) is 0 Å². The molecule has 41 heavy (non-hydrogen) atoms. The second-order valence-electron chi connectivity index (χ2n) is 9.24. The number of hydrogen-bond acceptors (Lipinski definition) is 8. The van der Waals surface area contributed by atoms with E-state index in [1.54, 1.807) is 37.5 Å². The van der Waals surface area contributed by atoms with Crippen LogP contribution < -0.4 is 23.7 Å². The van der Waals surface area contributed by atoms with Gasteiger partial charge in [0, 0.05) is 44.8 Å². The molecule has 0 radical (unpaired) electrons. The molecule has 0 saturated carbocycles. The fourth-order valence-electron chi connectivity index (χ4n) is 4.74. The Labute approximate surface area is 240 Å². The van der Waals surface area contributed by atoms with Gasteiger partial charge in [-0.25, -0.2) is 9.59 Å². The third kappa shape index (κ3) is 5.51. The predicted octanol–water partition coefficient (Wildman–Crippen LogP) is 6.51. The van der Waals surface area contributed by atoms with Crippen molar-refractivity contribution in [3.63, 3.8) is 0 Å². The predicted molar refractivity (Wildman–Crippen MR) is 155 cm³/mol. The lowest BCUT2D eigenvalue weighted by atomic mass is 9.95. The summed E-state index contributed by atoms with van der Waals surface area (Å²) in [6.07, 6.45) is 2.46. The van der Waals surface area contributed by atoms with Gasteiger partial charge in [-0.1, -0.05) is 6.92 Å². The molecule has 0 bridgehead atoms. The van der Waals surface area contributed by atoms with Crippen molar-refractivity contribution in [1.29, 1.82) is 0 Å². The van der Waals surface area contributed by atoms with Crippen molar-refractivity contribution < 1.29 is 43.5 Å². The molecule has 1 aromatic heterocycles. The Balaban J connectivity index is 1.68. The molecule has 2 heterocycles. The van der Waals surface area contributed by atoms with Crippen molar-refractivity contribution in [3.8, 4) is 39.9 Å². The monoisotopic (exact) mass is 576 g/mol. The summed E-state index contributed by atoms with van der Waals surface area (Å²) in [5, 5.41) is 23.1. The molecule has 5 rings (SSSR count). The Morgan fingerprint density at radius 3 is 2.39 bits per heavy atom. The van der Waals surface area contributed by atoms with Gasteiger partial charge in [0.05, 0.1) is 26.4 Å². The van der Waals surface area contributed by atoms with Gasteiger partial charge in [-0.15, -0.1) is 11.3 Å². The third-order valence-electron chi connectivity index (χ3n) is 6.70. The minimum Gasteiger partial charge on any atom is -0.496 e. The highest BCUT2D eigenvalue weighted by molar-refractivity contribution is 7.11. The van der Waals surface area contributed by atoms with E-state index in [1.807, 2.05) is 24.4 Å². The summed E-state index contributed by atoms with van der Waals surface area (Å²) in [7, 11) is 3.07. The first-order valence-electron chi connectivity index (χ1n) is 12.8. The molecule has 0 saturated heterocycles. The highest BCUT2D eigenvalue weighted by atomic mass is 32.1. The van der Waals surface area contributed by atoms with Gasteiger partial charge < -0.3 is 33.9 Å². The van der Waals surface area contributed by atoms with Gasteiger partial charge in [0.2, 0.25) is 6.79 Å². The molecule has 1 aliphatic heterocycles. The molecule has 0 spiro atoms. The zero-order valence-corrected chi connectivity index (χ0v) is 23.5. The summed E-state index contributed by atoms with van der Waals surface area (Å²) < 4.78 is 28.1. The van der Waals surface area contributed by atoms with Crippen LogP contribution in [0, 0.1) is 0 Å². The van der Waals surface area contributed by atoms with Gasteiger partial charge in [0.1, 0.15) is 17.2 Å². The van der Waals surface area contributed by atoms with E-state index in [2.05, 4.69) is 0 Å². The highest BCUT2D eigenvalue weighted by Crippen LogP contribution is 2.45. The molecular weight excluding hydrogens is 548 g/mol. The lowest BCUT2D eigenvalue weighted by molar-refractivity contribution is -0.132. The number of carbonyl (C=O) groups is 2. The number of methoxy groups -OCH3 is 2. The van der Waals surface area contributed by atoms with E-state index in [0.717, 1.165) is 11.8 Å². The number of hydrogen-bond donors (Lipinski definition) is 2. The minimum absolute atomic E-state index is 0.0597. The van der Waals surface area contributed by atoms with Crippen LogP contribution in [0.5, 0.6) is 28.7 Å². The van der Waals surface area contributed by atoms with Crippen molar-refractivity contribution in [2.45, 2.75) is 19.8 Å². The van der Waals surface area contributed by atoms with Crippen LogP contribution >= 0.6 is 11.3 Å². The van der Waals surface area contributed by atoms with Crippen LogP contribution in [0.15, 0.2) is 53.4 Å². The third-order valence-corrected chi connectivity index (χ3v) is 7.60. The Bertz CT molecular complexity index is 1670. The van der Waals surface area contributed by atoms with Gasteiger partial charge in [-0.2, -0.15) is 0 Å². The van der Waals surface area contributed by atoms with Crippen LogP contribution in [0.25, 0.3) is 28.0 Å². The number of rotatable bonds is 11. The van der Waals surface area contributed by atoms with Gasteiger partial charge in [0.15, 0.2) is 11.5 Å². The van der Waals surface area contributed by atoms with E-state index in [0.29, 0.717) is 62.3 Å². The Hall–Kier alpha value is -4.70. The molecule has 0 fully saturated rings. The summed E-state index contributed by atoms with van der Waals surface area (Å²) in [6, 6.07) is 11.9. The summed E-state index contributed by atoms with van der Waals surface area (Å²) in [4.78, 5) is 25.0. The summed E-state index contributed by atoms with van der Waals surface area (Å²) in [6.45, 7) is 2.54. The van der Waals surface area contributed by atoms with Crippen molar-refractivity contribution in [1.82, 2.24) is 0 Å². The molecule has 0 amide bonds. The van der Waals surface area contributed by atoms with E-state index in [-0.39, 0.29) is 24.4 Å². The number of benzene rings is 3. The number of carboxylic acid groups (broad SMARTS) is 2. The largest absolute Gasteiger partial charge is 0.496 e. The van der Waals surface area contributed by atoms with Crippen molar-refractivity contribution >= 4 is 40.1 Å². The van der Waals surface area contributed by atoms with E-state index in [1.165, 1.54) is 24.5 Å². The van der Waals surface area contributed by atoms with Crippen LogP contribution in [-0.4, -0.2) is 49.8 Å². The standard InChI is InChI=1S/C31H28O9S/c1-4-9-38-27-15-41-28(13-19(31(34)35)10-18-12-25-26(40-16-39-25)14-24(18)37-3)29(27)21-7-8-23(36-2)20-6-5-17(30(32)33)11-22(20)21/h5-8,11-15H,4,9-10,16H2,1-3H3,(H,32,33)(H,34,35)/b19-13+. The maximum atomic E-state index is 12.5. The van der Waals surface area contributed by atoms with Crippen LogP contribution in [0.4, 0.5) is 0 Å². The minimum atomic E-state index is -1.09. The number of fused-ring (bicyclic) bond motifs is 2. The first-order chi connectivity index (χ1) is 19.8. The number of aliphatic carboxylic acids is 1. The van der Waals surface area contributed by atoms with Gasteiger partial charge in [0.25, 0.3) is 0 Å². The summed E-state index contributed by atoms with van der Waals surface area (Å²) in [5.74, 6) is 0.577. The number of carboxylic acids is 2. The van der Waals surface area contributed by atoms with E-state index in [4.69, 9.17) is 23.7 Å². The first kappa shape index (κ1) is 27.9. The maximum Gasteiger partial charge on any atom is 0.335 e. The molecule has 212 valence electrons. The fraction of sp³-hybridized carbons (Fsp3) is 0.226. The van der Waals surface area contributed by atoms with E-state index < -0.39 is 11.9 Å². The Morgan fingerprint density at radius 1 is 0.951 bits per heavy atom. The second-order valence-corrected chi connectivity index (χ2v) is 10.1. The zero-order valence-electron chi connectivity index (χ0n) is 22.7. The summed E-state index contributed by atoms with van der Waals surface area (Å²) in [5.41, 5.74) is 2.25. The molecule has 1 aliphatic rings. The fourth-order valence-corrected chi connectivity index (χ4v) is 5.70. The second kappa shape index (κ2) is 11.8. The van der Waals surface area contributed by atoms with Crippen molar-refractivity contribution in [3.05, 3.63) is 69.4 Å². The maximum absolute atomic E-state index is 12.5. The number of ether oxygens (including phenoxy) is 5. The normalized spacial score (nSPS) is 12.4. The first-order valence-corrected chi connectivity index (χ1v) is 13.7. The van der Waals surface area contributed by atoms with Gasteiger partial charge in [-0.3, -0.25) is 0 Å². The van der Waals surface area contributed by atoms with E-state index >= 15 is 0 Å². The number of thiophene rings is 1. The van der Waals surface area contributed by atoms with Gasteiger partial charge in [-0.05, 0) is 59.8 Å². The number of aromatic carboxylic acids is 1. The molecule has 0 unspecified atom stereocenters. The van der Waals surface area contributed by atoms with Gasteiger partial charge >= 0.3 is 11.9 Å². The molecular formula is C31H28O9S. The average molecular weight is 577 g/mol. The SMILES string of the molecule is CCCOc1csc(/C=C(\Cc2cc3c(cc2OC)OCO3)C(=O)O)c1-c1ccc(OC)c2ccc(C(=O)O)cc12. The summed E-state index contributed by atoms with van der Waals surface area (Å²) >= 11 is 1.35. The Morgan fingerprint density at radius 2 is 1.71 bits per heavy atom. The van der Waals surface area contributed by atoms with Crippen molar-refractivity contribution in [2.75, 3.05) is 27.6 Å². The highest BCUT2D eigenvalue weighted by Gasteiger charge is 2.23. The molecule has 0 atom stereocenters. The Kier molecular flexibility index (Phi) is 8.02. The zero-order chi connectivity index (χ0) is 29.1. The molecule has 4 aromatic rings. The molecule has 9 nitrogen and oxygen atoms in total. The average Bonchev–Trinajstić information content (AvgIpc) is 3.60. The topological polar surface area (TPSA) is 121 Å². The van der Waals surface area contributed by atoms with Crippen LogP contribution in [0.1, 0.15) is 34.1 Å². The lowest BCUT2D eigenvalue weighted by Crippen LogP contribution is -2.05. The van der Waals surface area contributed by atoms with Crippen molar-refractivity contribution in [2.24, 2.45) is 0 Å². The molecule has 0 aliphatic carbocycles.